The summed E-state index contributed by atoms with van der Waals surface area (Å²) < 4.78 is 0. The third-order valence-corrected chi connectivity index (χ3v) is 4.25. The summed E-state index contributed by atoms with van der Waals surface area (Å²) in [6.45, 7) is 10.1. The Morgan fingerprint density at radius 3 is 3.12 bits per heavy atom. The van der Waals surface area contributed by atoms with E-state index >= 15 is 0 Å². The first-order valence-corrected chi connectivity index (χ1v) is 6.88. The average molecular weight is 239 g/mol. The van der Waals surface area contributed by atoms with E-state index in [0.29, 0.717) is 12.1 Å². The van der Waals surface area contributed by atoms with Crippen LogP contribution in [0.25, 0.3) is 0 Å². The van der Waals surface area contributed by atoms with Gasteiger partial charge in [0.15, 0.2) is 0 Å². The topological polar surface area (TPSA) is 28.2 Å². The van der Waals surface area contributed by atoms with Crippen LogP contribution >= 0.6 is 11.3 Å². The molecule has 16 heavy (non-hydrogen) atoms. The van der Waals surface area contributed by atoms with Gasteiger partial charge >= 0.3 is 0 Å². The zero-order chi connectivity index (χ0) is 11.5. The summed E-state index contributed by atoms with van der Waals surface area (Å²) in [5.41, 5.74) is 0. The van der Waals surface area contributed by atoms with Crippen molar-refractivity contribution in [2.75, 3.05) is 19.6 Å². The van der Waals surface area contributed by atoms with E-state index in [4.69, 9.17) is 0 Å². The Labute approximate surface area is 102 Å². The quantitative estimate of drug-likeness (QED) is 0.857. The number of hydrogen-bond acceptors (Lipinski definition) is 4. The van der Waals surface area contributed by atoms with Gasteiger partial charge in [0.05, 0.1) is 6.04 Å². The summed E-state index contributed by atoms with van der Waals surface area (Å²) in [6.07, 6.45) is 3.22. The van der Waals surface area contributed by atoms with Crippen molar-refractivity contribution in [3.05, 3.63) is 16.1 Å². The van der Waals surface area contributed by atoms with E-state index in [-0.39, 0.29) is 0 Å². The van der Waals surface area contributed by atoms with Crippen LogP contribution in [0, 0.1) is 6.92 Å². The average Bonchev–Trinajstić information content (AvgIpc) is 2.56. The van der Waals surface area contributed by atoms with Crippen LogP contribution in [0.15, 0.2) is 6.20 Å². The number of nitrogens with one attached hydrogen (secondary N) is 1. The van der Waals surface area contributed by atoms with E-state index in [2.05, 4.69) is 36.0 Å². The van der Waals surface area contributed by atoms with E-state index in [1.165, 1.54) is 22.9 Å². The van der Waals surface area contributed by atoms with E-state index in [9.17, 15) is 0 Å². The number of hydrogen-bond donors (Lipinski definition) is 1. The molecule has 1 saturated heterocycles. The fraction of sp³-hybridized carbons (Fsp3) is 0.750. The van der Waals surface area contributed by atoms with E-state index in [1.807, 2.05) is 17.5 Å². The van der Waals surface area contributed by atoms with Gasteiger partial charge in [-0.25, -0.2) is 4.98 Å². The maximum absolute atomic E-state index is 4.50. The smallest absolute Gasteiger partial charge is 0.110 e. The monoisotopic (exact) mass is 239 g/mol. The highest BCUT2D eigenvalue weighted by molar-refractivity contribution is 7.11. The number of nitrogens with zero attached hydrogens (tertiary/aromatic N) is 2. The van der Waals surface area contributed by atoms with Crippen LogP contribution in [0.1, 0.15) is 36.2 Å². The molecule has 2 atom stereocenters. The van der Waals surface area contributed by atoms with Gasteiger partial charge in [-0.15, -0.1) is 11.3 Å². The van der Waals surface area contributed by atoms with Gasteiger partial charge in [0.2, 0.25) is 0 Å². The highest BCUT2D eigenvalue weighted by atomic mass is 32.1. The maximum atomic E-state index is 4.50. The van der Waals surface area contributed by atoms with Crippen molar-refractivity contribution >= 4 is 11.3 Å². The molecule has 90 valence electrons. The first-order valence-electron chi connectivity index (χ1n) is 6.06. The maximum Gasteiger partial charge on any atom is 0.110 e. The van der Waals surface area contributed by atoms with Gasteiger partial charge in [-0.3, -0.25) is 4.90 Å². The molecular weight excluding hydrogens is 218 g/mol. The SMILES string of the molecule is Cc1cnc(C(C)N2CCCNC(C)C2)s1. The number of rotatable bonds is 2. The van der Waals surface area contributed by atoms with Crippen molar-refractivity contribution in [3.8, 4) is 0 Å². The summed E-state index contributed by atoms with van der Waals surface area (Å²) in [5, 5.41) is 4.78. The lowest BCUT2D eigenvalue weighted by molar-refractivity contribution is 0.210. The fourth-order valence-electron chi connectivity index (χ4n) is 2.21. The van der Waals surface area contributed by atoms with Crippen molar-refractivity contribution in [1.82, 2.24) is 15.2 Å². The second kappa shape index (κ2) is 5.25. The molecule has 2 unspecified atom stereocenters. The molecule has 1 fully saturated rings. The van der Waals surface area contributed by atoms with Gasteiger partial charge in [0.1, 0.15) is 5.01 Å². The van der Waals surface area contributed by atoms with Crippen LogP contribution in [0.4, 0.5) is 0 Å². The van der Waals surface area contributed by atoms with Crippen molar-refractivity contribution in [2.45, 2.75) is 39.3 Å². The summed E-state index contributed by atoms with van der Waals surface area (Å²) >= 11 is 1.82. The predicted molar refractivity (Wildman–Crippen MR) is 68.9 cm³/mol. The van der Waals surface area contributed by atoms with Crippen LogP contribution in [0.5, 0.6) is 0 Å². The van der Waals surface area contributed by atoms with Gasteiger partial charge in [0, 0.05) is 30.2 Å². The molecule has 4 heteroatoms. The molecule has 1 N–H and O–H groups in total. The Balaban J connectivity index is 2.05. The molecule has 2 rings (SSSR count). The summed E-state index contributed by atoms with van der Waals surface area (Å²) in [4.78, 5) is 8.36. The van der Waals surface area contributed by atoms with Crippen molar-refractivity contribution in [1.29, 1.82) is 0 Å². The van der Waals surface area contributed by atoms with Crippen molar-refractivity contribution < 1.29 is 0 Å². The van der Waals surface area contributed by atoms with Crippen LogP contribution in [-0.2, 0) is 0 Å². The van der Waals surface area contributed by atoms with Crippen LogP contribution in [0.2, 0.25) is 0 Å². The molecule has 0 bridgehead atoms. The molecule has 1 aliphatic heterocycles. The zero-order valence-corrected chi connectivity index (χ0v) is 11.2. The molecule has 1 aromatic heterocycles. The molecule has 0 radical (unpaired) electrons. The summed E-state index contributed by atoms with van der Waals surface area (Å²) in [5.74, 6) is 0. The number of aryl methyl sites for hydroxylation is 1. The molecule has 1 aliphatic rings. The summed E-state index contributed by atoms with van der Waals surface area (Å²) in [7, 11) is 0. The van der Waals surface area contributed by atoms with Crippen LogP contribution in [-0.4, -0.2) is 35.6 Å². The molecule has 0 aliphatic carbocycles. The van der Waals surface area contributed by atoms with E-state index in [0.717, 1.165) is 13.1 Å². The molecule has 2 heterocycles. The van der Waals surface area contributed by atoms with Gasteiger partial charge in [-0.2, -0.15) is 0 Å². The second-order valence-corrected chi connectivity index (χ2v) is 5.96. The number of aromatic nitrogens is 1. The van der Waals surface area contributed by atoms with E-state index < -0.39 is 0 Å². The first kappa shape index (κ1) is 12.0. The molecular formula is C12H21N3S. The van der Waals surface area contributed by atoms with E-state index in [1.54, 1.807) is 0 Å². The highest BCUT2D eigenvalue weighted by Gasteiger charge is 2.21. The fourth-order valence-corrected chi connectivity index (χ4v) is 3.07. The summed E-state index contributed by atoms with van der Waals surface area (Å²) in [6, 6.07) is 1.05. The minimum absolute atomic E-state index is 0.459. The zero-order valence-electron chi connectivity index (χ0n) is 10.4. The molecule has 0 spiro atoms. The van der Waals surface area contributed by atoms with Gasteiger partial charge in [-0.1, -0.05) is 0 Å². The largest absolute Gasteiger partial charge is 0.313 e. The molecule has 0 aromatic carbocycles. The van der Waals surface area contributed by atoms with Crippen LogP contribution < -0.4 is 5.32 Å². The lowest BCUT2D eigenvalue weighted by Crippen LogP contribution is -2.36. The third kappa shape index (κ3) is 2.81. The normalized spacial score (nSPS) is 25.3. The molecule has 0 amide bonds. The lowest BCUT2D eigenvalue weighted by atomic mass is 10.2. The molecule has 0 saturated carbocycles. The Hall–Kier alpha value is -0.450. The Kier molecular flexibility index (Phi) is 3.95. The Bertz CT molecular complexity index is 337. The van der Waals surface area contributed by atoms with Crippen molar-refractivity contribution in [2.24, 2.45) is 0 Å². The second-order valence-electron chi connectivity index (χ2n) is 4.69. The Morgan fingerprint density at radius 2 is 2.44 bits per heavy atom. The minimum atomic E-state index is 0.459. The van der Waals surface area contributed by atoms with Gasteiger partial charge < -0.3 is 5.32 Å². The standard InChI is InChI=1S/C12H21N3S/c1-9-8-15(6-4-5-13-9)11(3)12-14-7-10(2)16-12/h7,9,11,13H,4-6,8H2,1-3H3. The molecule has 1 aromatic rings. The van der Waals surface area contributed by atoms with Crippen molar-refractivity contribution in [3.63, 3.8) is 0 Å². The highest BCUT2D eigenvalue weighted by Crippen LogP contribution is 2.25. The third-order valence-electron chi connectivity index (χ3n) is 3.17. The van der Waals surface area contributed by atoms with Gasteiger partial charge in [0.25, 0.3) is 0 Å². The Morgan fingerprint density at radius 1 is 1.62 bits per heavy atom. The van der Waals surface area contributed by atoms with Crippen LogP contribution in [0.3, 0.4) is 0 Å². The first-order chi connectivity index (χ1) is 7.66. The number of thiazole rings is 1. The van der Waals surface area contributed by atoms with Gasteiger partial charge in [-0.05, 0) is 33.7 Å². The predicted octanol–water partition coefficient (Wildman–Crippen LogP) is 2.20. The molecule has 3 nitrogen and oxygen atoms in total. The minimum Gasteiger partial charge on any atom is -0.313 e. The lowest BCUT2D eigenvalue weighted by Gasteiger charge is -2.27.